The van der Waals surface area contributed by atoms with Crippen LogP contribution in [0.1, 0.15) is 23.5 Å². The maximum absolute atomic E-state index is 12.4. The average Bonchev–Trinajstić information content (AvgIpc) is 3.29. The van der Waals surface area contributed by atoms with Crippen molar-refractivity contribution < 1.29 is 4.79 Å². The van der Waals surface area contributed by atoms with Crippen LogP contribution in [-0.4, -0.2) is 12.2 Å². The fourth-order valence-corrected chi connectivity index (χ4v) is 3.36. The molecule has 0 unspecified atom stereocenters. The quantitative estimate of drug-likeness (QED) is 0.844. The van der Waals surface area contributed by atoms with Crippen LogP contribution in [-0.2, 0) is 4.79 Å². The molecular weight excluding hydrogens is 278 g/mol. The van der Waals surface area contributed by atoms with E-state index in [1.54, 1.807) is 11.8 Å². The van der Waals surface area contributed by atoms with Crippen LogP contribution in [0.4, 0.5) is 5.69 Å². The molecule has 0 heterocycles. The maximum atomic E-state index is 12.4. The second-order valence-electron chi connectivity index (χ2n) is 5.49. The zero-order valence-electron chi connectivity index (χ0n) is 12.3. The van der Waals surface area contributed by atoms with Gasteiger partial charge in [0.2, 0.25) is 5.91 Å². The summed E-state index contributed by atoms with van der Waals surface area (Å²) < 4.78 is 0. The van der Waals surface area contributed by atoms with Gasteiger partial charge in [-0.05, 0) is 48.8 Å². The number of thioether (sulfide) groups is 1. The van der Waals surface area contributed by atoms with Crippen molar-refractivity contribution in [1.82, 2.24) is 0 Å². The van der Waals surface area contributed by atoms with Crippen molar-refractivity contribution >= 4 is 23.4 Å². The van der Waals surface area contributed by atoms with Gasteiger partial charge < -0.3 is 5.32 Å². The molecule has 1 amide bonds. The molecule has 0 radical (unpaired) electrons. The summed E-state index contributed by atoms with van der Waals surface area (Å²) >= 11 is 1.65. The monoisotopic (exact) mass is 297 g/mol. The van der Waals surface area contributed by atoms with Gasteiger partial charge in [-0.15, -0.1) is 11.8 Å². The molecule has 0 bridgehead atoms. The summed E-state index contributed by atoms with van der Waals surface area (Å²) in [5.41, 5.74) is 3.52. The Bertz CT molecular complexity index is 668. The standard InChI is InChI=1S/C18H19NOS/c1-12-7-3-4-8-13(12)14-11-15(14)18(20)19-16-9-5-6-10-17(16)21-2/h3-10,14-15H,11H2,1-2H3,(H,19,20)/t14-,15+/m0/s1. The normalized spacial score (nSPS) is 20.1. The molecule has 2 aromatic carbocycles. The predicted octanol–water partition coefficient (Wildman–Crippen LogP) is 4.46. The highest BCUT2D eigenvalue weighted by molar-refractivity contribution is 7.98. The van der Waals surface area contributed by atoms with Crippen molar-refractivity contribution in [3.63, 3.8) is 0 Å². The number of rotatable bonds is 4. The molecule has 0 aliphatic heterocycles. The number of hydrogen-bond donors (Lipinski definition) is 1. The Hall–Kier alpha value is -1.74. The predicted molar refractivity (Wildman–Crippen MR) is 88.9 cm³/mol. The van der Waals surface area contributed by atoms with Crippen molar-refractivity contribution in [2.45, 2.75) is 24.2 Å². The molecule has 3 heteroatoms. The van der Waals surface area contributed by atoms with Crippen LogP contribution in [0.25, 0.3) is 0 Å². The Labute approximate surface area is 130 Å². The SMILES string of the molecule is CSc1ccccc1NC(=O)[C@@H]1C[C@H]1c1ccccc1C. The Balaban J connectivity index is 1.70. The Morgan fingerprint density at radius 2 is 1.86 bits per heavy atom. The molecule has 1 N–H and O–H groups in total. The van der Waals surface area contributed by atoms with E-state index in [1.165, 1.54) is 11.1 Å². The van der Waals surface area contributed by atoms with Crippen molar-refractivity contribution in [3.8, 4) is 0 Å². The second kappa shape index (κ2) is 5.94. The van der Waals surface area contributed by atoms with Crippen LogP contribution in [0.3, 0.4) is 0 Å². The zero-order valence-corrected chi connectivity index (χ0v) is 13.1. The third kappa shape index (κ3) is 2.98. The van der Waals surface area contributed by atoms with Gasteiger partial charge in [0.05, 0.1) is 5.69 Å². The highest BCUT2D eigenvalue weighted by Crippen LogP contribution is 2.49. The molecule has 1 fully saturated rings. The van der Waals surface area contributed by atoms with Crippen LogP contribution >= 0.6 is 11.8 Å². The van der Waals surface area contributed by atoms with E-state index >= 15 is 0 Å². The summed E-state index contributed by atoms with van der Waals surface area (Å²) in [5, 5.41) is 3.08. The first-order chi connectivity index (χ1) is 10.2. The third-order valence-corrected chi connectivity index (χ3v) is 4.88. The molecule has 1 aliphatic rings. The van der Waals surface area contributed by atoms with Crippen molar-refractivity contribution in [2.75, 3.05) is 11.6 Å². The third-order valence-electron chi connectivity index (χ3n) is 4.08. The topological polar surface area (TPSA) is 29.1 Å². The molecule has 2 nitrogen and oxygen atoms in total. The molecule has 1 saturated carbocycles. The minimum Gasteiger partial charge on any atom is -0.325 e. The number of para-hydroxylation sites is 1. The fraction of sp³-hybridized carbons (Fsp3) is 0.278. The first kappa shape index (κ1) is 14.2. The van der Waals surface area contributed by atoms with Gasteiger partial charge in [-0.25, -0.2) is 0 Å². The molecule has 0 aromatic heterocycles. The molecular formula is C18H19NOS. The summed E-state index contributed by atoms with van der Waals surface area (Å²) in [6, 6.07) is 16.3. The lowest BCUT2D eigenvalue weighted by atomic mass is 10.0. The van der Waals surface area contributed by atoms with Crippen molar-refractivity contribution in [1.29, 1.82) is 0 Å². The Kier molecular flexibility index (Phi) is 4.02. The summed E-state index contributed by atoms with van der Waals surface area (Å²) in [5.74, 6) is 0.637. The average molecular weight is 297 g/mol. The van der Waals surface area contributed by atoms with Gasteiger partial charge in [-0.1, -0.05) is 36.4 Å². The minimum atomic E-state index is 0.112. The second-order valence-corrected chi connectivity index (χ2v) is 6.34. The van der Waals surface area contributed by atoms with E-state index in [0.29, 0.717) is 5.92 Å². The van der Waals surface area contributed by atoms with Gasteiger partial charge in [0, 0.05) is 10.8 Å². The van der Waals surface area contributed by atoms with Gasteiger partial charge >= 0.3 is 0 Å². The molecule has 2 atom stereocenters. The molecule has 21 heavy (non-hydrogen) atoms. The number of carbonyl (C=O) groups is 1. The molecule has 1 aliphatic carbocycles. The molecule has 3 rings (SSSR count). The van der Waals surface area contributed by atoms with E-state index in [2.05, 4.69) is 30.4 Å². The van der Waals surface area contributed by atoms with Gasteiger partial charge in [0.25, 0.3) is 0 Å². The first-order valence-corrected chi connectivity index (χ1v) is 8.42. The number of aryl methyl sites for hydroxylation is 1. The maximum Gasteiger partial charge on any atom is 0.228 e. The van der Waals surface area contributed by atoms with Gasteiger partial charge in [0.15, 0.2) is 0 Å². The molecule has 0 spiro atoms. The lowest BCUT2D eigenvalue weighted by Crippen LogP contribution is -2.15. The lowest BCUT2D eigenvalue weighted by molar-refractivity contribution is -0.117. The Morgan fingerprint density at radius 3 is 2.62 bits per heavy atom. The van der Waals surface area contributed by atoms with Crippen LogP contribution in [0.2, 0.25) is 0 Å². The van der Waals surface area contributed by atoms with Crippen LogP contribution in [0.5, 0.6) is 0 Å². The van der Waals surface area contributed by atoms with E-state index < -0.39 is 0 Å². The highest BCUT2D eigenvalue weighted by Gasteiger charge is 2.44. The highest BCUT2D eigenvalue weighted by atomic mass is 32.2. The number of hydrogen-bond acceptors (Lipinski definition) is 2. The number of benzene rings is 2. The van der Waals surface area contributed by atoms with Gasteiger partial charge in [-0.2, -0.15) is 0 Å². The summed E-state index contributed by atoms with van der Waals surface area (Å²) in [6.07, 6.45) is 2.98. The minimum absolute atomic E-state index is 0.112. The summed E-state index contributed by atoms with van der Waals surface area (Å²) in [7, 11) is 0. The first-order valence-electron chi connectivity index (χ1n) is 7.20. The number of anilines is 1. The number of amides is 1. The van der Waals surface area contributed by atoms with E-state index in [4.69, 9.17) is 0 Å². The molecule has 108 valence electrons. The van der Waals surface area contributed by atoms with Crippen molar-refractivity contribution in [3.05, 3.63) is 59.7 Å². The van der Waals surface area contributed by atoms with E-state index in [1.807, 2.05) is 36.6 Å². The number of carbonyl (C=O) groups excluding carboxylic acids is 1. The van der Waals surface area contributed by atoms with Gasteiger partial charge in [-0.3, -0.25) is 4.79 Å². The molecule has 0 saturated heterocycles. The van der Waals surface area contributed by atoms with E-state index in [-0.39, 0.29) is 11.8 Å². The fourth-order valence-electron chi connectivity index (χ4n) is 2.80. The van der Waals surface area contributed by atoms with Crippen molar-refractivity contribution in [2.24, 2.45) is 5.92 Å². The zero-order chi connectivity index (χ0) is 14.8. The van der Waals surface area contributed by atoms with Gasteiger partial charge in [0.1, 0.15) is 0 Å². The number of nitrogens with one attached hydrogen (secondary N) is 1. The molecule has 2 aromatic rings. The van der Waals surface area contributed by atoms with Crippen LogP contribution in [0.15, 0.2) is 53.4 Å². The van der Waals surface area contributed by atoms with E-state index in [0.717, 1.165) is 17.0 Å². The lowest BCUT2D eigenvalue weighted by Gasteiger charge is -2.09. The largest absolute Gasteiger partial charge is 0.325 e. The van der Waals surface area contributed by atoms with Crippen LogP contribution in [0, 0.1) is 12.8 Å². The summed E-state index contributed by atoms with van der Waals surface area (Å²) in [4.78, 5) is 13.5. The van der Waals surface area contributed by atoms with E-state index in [9.17, 15) is 4.79 Å². The van der Waals surface area contributed by atoms with Crippen LogP contribution < -0.4 is 5.32 Å². The smallest absolute Gasteiger partial charge is 0.228 e. The summed E-state index contributed by atoms with van der Waals surface area (Å²) in [6.45, 7) is 2.12. The Morgan fingerprint density at radius 1 is 1.14 bits per heavy atom.